The van der Waals surface area contributed by atoms with Crippen LogP contribution in [0, 0.1) is 11.2 Å². The van der Waals surface area contributed by atoms with E-state index in [-0.39, 0.29) is 5.82 Å². The summed E-state index contributed by atoms with van der Waals surface area (Å²) in [5.74, 6) is 0.351. The van der Waals surface area contributed by atoms with E-state index in [1.54, 1.807) is 6.07 Å². The van der Waals surface area contributed by atoms with Gasteiger partial charge in [-0.2, -0.15) is 0 Å². The van der Waals surface area contributed by atoms with Crippen molar-refractivity contribution in [3.05, 3.63) is 28.5 Å². The summed E-state index contributed by atoms with van der Waals surface area (Å²) in [6.45, 7) is 0.850. The maximum atomic E-state index is 12.8. The van der Waals surface area contributed by atoms with Gasteiger partial charge in [0.25, 0.3) is 0 Å². The van der Waals surface area contributed by atoms with E-state index in [0.29, 0.717) is 10.3 Å². The molecule has 2 nitrogen and oxygen atoms in total. The minimum absolute atomic E-state index is 0.258. The number of amidine groups is 1. The Morgan fingerprint density at radius 1 is 1.43 bits per heavy atom. The van der Waals surface area contributed by atoms with Gasteiger partial charge < -0.3 is 4.90 Å². The Bertz CT molecular complexity index is 378. The molecule has 0 bridgehead atoms. The second-order valence-electron chi connectivity index (χ2n) is 3.30. The Morgan fingerprint density at radius 2 is 2.21 bits per heavy atom. The average molecular weight is 257 g/mol. The van der Waals surface area contributed by atoms with Gasteiger partial charge in [-0.05, 0) is 40.5 Å². The molecule has 2 rings (SSSR count). The first-order valence-electron chi connectivity index (χ1n) is 4.48. The van der Waals surface area contributed by atoms with Gasteiger partial charge in [0, 0.05) is 17.4 Å². The largest absolute Gasteiger partial charge is 0.329 e. The standard InChI is InChI=1S/C10H10BrFN2/c11-8-6-7(12)3-4-9(8)14-5-1-2-10(14)13/h3-4,6,13H,1-2,5H2. The highest BCUT2D eigenvalue weighted by Crippen LogP contribution is 2.30. The van der Waals surface area contributed by atoms with Crippen molar-refractivity contribution in [3.63, 3.8) is 0 Å². The predicted molar refractivity (Wildman–Crippen MR) is 58.4 cm³/mol. The lowest BCUT2D eigenvalue weighted by Crippen LogP contribution is -2.23. The molecular formula is C10H10BrFN2. The van der Waals surface area contributed by atoms with Gasteiger partial charge in [-0.3, -0.25) is 5.41 Å². The van der Waals surface area contributed by atoms with Gasteiger partial charge in [-0.15, -0.1) is 0 Å². The molecule has 1 aromatic rings. The van der Waals surface area contributed by atoms with E-state index in [1.165, 1.54) is 12.1 Å². The van der Waals surface area contributed by atoms with Crippen molar-refractivity contribution in [3.8, 4) is 0 Å². The van der Waals surface area contributed by atoms with E-state index in [4.69, 9.17) is 5.41 Å². The molecule has 1 fully saturated rings. The van der Waals surface area contributed by atoms with Crippen LogP contribution in [0.15, 0.2) is 22.7 Å². The van der Waals surface area contributed by atoms with Crippen LogP contribution in [-0.2, 0) is 0 Å². The van der Waals surface area contributed by atoms with Gasteiger partial charge >= 0.3 is 0 Å². The van der Waals surface area contributed by atoms with Gasteiger partial charge in [0.15, 0.2) is 0 Å². The Hall–Kier alpha value is -0.900. The van der Waals surface area contributed by atoms with Crippen LogP contribution in [0.2, 0.25) is 0 Å². The zero-order chi connectivity index (χ0) is 10.1. The molecule has 0 aromatic heterocycles. The number of hydrogen-bond acceptors (Lipinski definition) is 1. The molecule has 74 valence electrons. The lowest BCUT2D eigenvalue weighted by atomic mass is 10.3. The van der Waals surface area contributed by atoms with Crippen molar-refractivity contribution in [2.24, 2.45) is 0 Å². The number of nitrogens with one attached hydrogen (secondary N) is 1. The van der Waals surface area contributed by atoms with Gasteiger partial charge in [0.1, 0.15) is 11.7 Å². The normalized spacial score (nSPS) is 16.4. The zero-order valence-corrected chi connectivity index (χ0v) is 9.14. The molecule has 1 aromatic carbocycles. The van der Waals surface area contributed by atoms with Gasteiger partial charge in [-0.25, -0.2) is 4.39 Å². The van der Waals surface area contributed by atoms with Gasteiger partial charge in [0.2, 0.25) is 0 Å². The zero-order valence-electron chi connectivity index (χ0n) is 7.56. The fraction of sp³-hybridized carbons (Fsp3) is 0.300. The van der Waals surface area contributed by atoms with Crippen molar-refractivity contribution in [1.82, 2.24) is 0 Å². The molecule has 0 radical (unpaired) electrons. The fourth-order valence-electron chi connectivity index (χ4n) is 1.64. The number of hydrogen-bond donors (Lipinski definition) is 1. The van der Waals surface area contributed by atoms with Crippen LogP contribution in [0.3, 0.4) is 0 Å². The highest BCUT2D eigenvalue weighted by molar-refractivity contribution is 9.10. The minimum atomic E-state index is -0.258. The van der Waals surface area contributed by atoms with E-state index in [9.17, 15) is 4.39 Å². The molecule has 1 saturated heterocycles. The number of anilines is 1. The van der Waals surface area contributed by atoms with Crippen molar-refractivity contribution in [1.29, 1.82) is 5.41 Å². The number of benzene rings is 1. The van der Waals surface area contributed by atoms with Crippen LogP contribution in [0.4, 0.5) is 10.1 Å². The van der Waals surface area contributed by atoms with Crippen molar-refractivity contribution in [2.75, 3.05) is 11.4 Å². The second kappa shape index (κ2) is 3.69. The lowest BCUT2D eigenvalue weighted by molar-refractivity contribution is 0.627. The quantitative estimate of drug-likeness (QED) is 0.821. The van der Waals surface area contributed by atoms with Crippen LogP contribution in [0.1, 0.15) is 12.8 Å². The summed E-state index contributed by atoms with van der Waals surface area (Å²) < 4.78 is 13.5. The summed E-state index contributed by atoms with van der Waals surface area (Å²) in [7, 11) is 0. The van der Waals surface area contributed by atoms with Crippen LogP contribution in [0.25, 0.3) is 0 Å². The maximum absolute atomic E-state index is 12.8. The Morgan fingerprint density at radius 3 is 2.79 bits per heavy atom. The molecule has 0 saturated carbocycles. The third-order valence-corrected chi connectivity index (χ3v) is 2.96. The van der Waals surface area contributed by atoms with E-state index in [1.807, 2.05) is 4.90 Å². The monoisotopic (exact) mass is 256 g/mol. The highest BCUT2D eigenvalue weighted by Gasteiger charge is 2.20. The topological polar surface area (TPSA) is 27.1 Å². The van der Waals surface area contributed by atoms with Crippen molar-refractivity contribution in [2.45, 2.75) is 12.8 Å². The molecular weight excluding hydrogens is 247 g/mol. The van der Waals surface area contributed by atoms with Gasteiger partial charge in [-0.1, -0.05) is 0 Å². The lowest BCUT2D eigenvalue weighted by Gasteiger charge is -2.19. The summed E-state index contributed by atoms with van der Waals surface area (Å²) in [6, 6.07) is 4.56. The van der Waals surface area contributed by atoms with E-state index < -0.39 is 0 Å². The molecule has 0 unspecified atom stereocenters. The molecule has 0 spiro atoms. The summed E-state index contributed by atoms with van der Waals surface area (Å²) in [5.41, 5.74) is 0.883. The first kappa shape index (κ1) is 9.65. The van der Waals surface area contributed by atoms with E-state index >= 15 is 0 Å². The molecule has 1 aliphatic rings. The first-order chi connectivity index (χ1) is 6.68. The van der Waals surface area contributed by atoms with Crippen molar-refractivity contribution >= 4 is 27.5 Å². The third kappa shape index (κ3) is 1.66. The molecule has 14 heavy (non-hydrogen) atoms. The number of halogens is 2. The minimum Gasteiger partial charge on any atom is -0.329 e. The number of rotatable bonds is 1. The Balaban J connectivity index is 2.36. The molecule has 1 heterocycles. The molecule has 4 heteroatoms. The SMILES string of the molecule is N=C1CCCN1c1ccc(F)cc1Br. The third-order valence-electron chi connectivity index (χ3n) is 2.32. The first-order valence-corrected chi connectivity index (χ1v) is 5.28. The fourth-order valence-corrected chi connectivity index (χ4v) is 2.21. The molecule has 0 amide bonds. The molecule has 1 N–H and O–H groups in total. The average Bonchev–Trinajstić information content (AvgIpc) is 2.52. The Labute approximate surface area is 90.4 Å². The van der Waals surface area contributed by atoms with Crippen LogP contribution >= 0.6 is 15.9 Å². The van der Waals surface area contributed by atoms with Crippen LogP contribution < -0.4 is 4.90 Å². The van der Waals surface area contributed by atoms with Gasteiger partial charge in [0.05, 0.1) is 5.69 Å². The molecule has 0 aliphatic carbocycles. The maximum Gasteiger partial charge on any atom is 0.124 e. The summed E-state index contributed by atoms with van der Waals surface area (Å²) in [4.78, 5) is 1.91. The van der Waals surface area contributed by atoms with E-state index in [2.05, 4.69) is 15.9 Å². The smallest absolute Gasteiger partial charge is 0.124 e. The molecule has 1 aliphatic heterocycles. The highest BCUT2D eigenvalue weighted by atomic mass is 79.9. The summed E-state index contributed by atoms with van der Waals surface area (Å²) in [5, 5.41) is 7.71. The second-order valence-corrected chi connectivity index (χ2v) is 4.15. The van der Waals surface area contributed by atoms with Crippen molar-refractivity contribution < 1.29 is 4.39 Å². The van der Waals surface area contributed by atoms with E-state index in [0.717, 1.165) is 25.1 Å². The van der Waals surface area contributed by atoms with Crippen LogP contribution in [0.5, 0.6) is 0 Å². The predicted octanol–water partition coefficient (Wildman–Crippen LogP) is 3.17. The Kier molecular flexibility index (Phi) is 2.54. The van der Waals surface area contributed by atoms with Crippen LogP contribution in [-0.4, -0.2) is 12.4 Å². The summed E-state index contributed by atoms with van der Waals surface area (Å²) in [6.07, 6.45) is 1.81. The summed E-state index contributed by atoms with van der Waals surface area (Å²) >= 11 is 3.31. The molecule has 0 atom stereocenters. The number of nitrogens with zero attached hydrogens (tertiary/aromatic N) is 1.